The molecule has 1 saturated heterocycles. The second kappa shape index (κ2) is 4.10. The summed E-state index contributed by atoms with van der Waals surface area (Å²) in [4.78, 5) is 2.52. The summed E-state index contributed by atoms with van der Waals surface area (Å²) >= 11 is 0. The third-order valence-electron chi connectivity index (χ3n) is 3.04. The van der Waals surface area contributed by atoms with Crippen LogP contribution in [0.4, 0.5) is 0 Å². The molecule has 2 atom stereocenters. The van der Waals surface area contributed by atoms with Crippen LogP contribution in [0.3, 0.4) is 0 Å². The van der Waals surface area contributed by atoms with E-state index in [1.165, 1.54) is 32.2 Å². The van der Waals surface area contributed by atoms with Crippen LogP contribution in [0.15, 0.2) is 0 Å². The van der Waals surface area contributed by atoms with Crippen LogP contribution < -0.4 is 0 Å². The molecule has 1 fully saturated rings. The fraction of sp³-hybridized carbons (Fsp3) is 1.00. The minimum atomic E-state index is 0.893. The lowest BCUT2D eigenvalue weighted by Crippen LogP contribution is -2.26. The molecule has 0 radical (unpaired) electrons. The molecule has 0 amide bonds. The predicted molar refractivity (Wildman–Crippen MR) is 49.7 cm³/mol. The van der Waals surface area contributed by atoms with Gasteiger partial charge in [0.15, 0.2) is 0 Å². The summed E-state index contributed by atoms with van der Waals surface area (Å²) in [5.74, 6) is 0.917. The molecule has 0 aliphatic carbocycles. The Hall–Kier alpha value is -0.0400. The van der Waals surface area contributed by atoms with Gasteiger partial charge in [0, 0.05) is 6.04 Å². The van der Waals surface area contributed by atoms with E-state index < -0.39 is 0 Å². The highest BCUT2D eigenvalue weighted by Gasteiger charge is 2.21. The van der Waals surface area contributed by atoms with Gasteiger partial charge in [-0.2, -0.15) is 0 Å². The number of hydrogen-bond acceptors (Lipinski definition) is 1. The van der Waals surface area contributed by atoms with Gasteiger partial charge < -0.3 is 4.90 Å². The molecule has 1 aliphatic heterocycles. The molecular weight excluding hydrogens is 134 g/mol. The summed E-state index contributed by atoms with van der Waals surface area (Å²) in [7, 11) is 2.26. The van der Waals surface area contributed by atoms with Gasteiger partial charge in [0.1, 0.15) is 0 Å². The van der Waals surface area contributed by atoms with Gasteiger partial charge in [-0.15, -0.1) is 0 Å². The van der Waals surface area contributed by atoms with Gasteiger partial charge in [-0.3, -0.25) is 0 Å². The summed E-state index contributed by atoms with van der Waals surface area (Å²) in [6, 6.07) is 0.893. The van der Waals surface area contributed by atoms with Gasteiger partial charge in [0.2, 0.25) is 0 Å². The molecule has 0 bridgehead atoms. The first-order chi connectivity index (χ1) is 5.24. The Morgan fingerprint density at radius 3 is 2.73 bits per heavy atom. The van der Waals surface area contributed by atoms with Gasteiger partial charge >= 0.3 is 0 Å². The summed E-state index contributed by atoms with van der Waals surface area (Å²) in [5.41, 5.74) is 0. The van der Waals surface area contributed by atoms with Crippen molar-refractivity contribution in [2.45, 2.75) is 45.6 Å². The Kier molecular flexibility index (Phi) is 3.38. The van der Waals surface area contributed by atoms with Crippen LogP contribution in [0.1, 0.15) is 39.5 Å². The van der Waals surface area contributed by atoms with Crippen LogP contribution >= 0.6 is 0 Å². The van der Waals surface area contributed by atoms with E-state index in [2.05, 4.69) is 25.8 Å². The van der Waals surface area contributed by atoms with Crippen LogP contribution in [0.25, 0.3) is 0 Å². The average Bonchev–Trinajstić information content (AvgIpc) is 2.37. The van der Waals surface area contributed by atoms with Crippen molar-refractivity contribution in [3.63, 3.8) is 0 Å². The average molecular weight is 155 g/mol. The Bertz CT molecular complexity index is 111. The number of hydrogen-bond donors (Lipinski definition) is 0. The van der Waals surface area contributed by atoms with E-state index in [9.17, 15) is 0 Å². The van der Waals surface area contributed by atoms with Gasteiger partial charge in [-0.05, 0) is 38.8 Å². The van der Waals surface area contributed by atoms with Crippen molar-refractivity contribution in [3.05, 3.63) is 0 Å². The largest absolute Gasteiger partial charge is 0.303 e. The Labute approximate surface area is 70.8 Å². The lowest BCUT2D eigenvalue weighted by molar-refractivity contribution is 0.264. The molecule has 1 unspecified atom stereocenters. The maximum Gasteiger partial charge on any atom is 0.00952 e. The highest BCUT2D eigenvalue weighted by atomic mass is 15.1. The molecule has 0 aromatic heterocycles. The van der Waals surface area contributed by atoms with Crippen LogP contribution in [0, 0.1) is 5.92 Å². The molecule has 0 aromatic carbocycles. The van der Waals surface area contributed by atoms with E-state index in [1.807, 2.05) is 0 Å². The molecule has 1 aliphatic rings. The van der Waals surface area contributed by atoms with Crippen LogP contribution in [-0.2, 0) is 0 Å². The predicted octanol–water partition coefficient (Wildman–Crippen LogP) is 2.52. The minimum absolute atomic E-state index is 0.893. The van der Waals surface area contributed by atoms with Crippen molar-refractivity contribution in [1.29, 1.82) is 0 Å². The molecular formula is C10H21N. The maximum atomic E-state index is 2.52. The standard InChI is InChI=1S/C10H21N/c1-4-9(2)8-10-6-5-7-11(10)3/h9-10H,4-8H2,1-3H3/t9?,10-/m0/s1. The van der Waals surface area contributed by atoms with Gasteiger partial charge in [-0.25, -0.2) is 0 Å². The summed E-state index contributed by atoms with van der Waals surface area (Å²) in [6.45, 7) is 5.98. The van der Waals surface area contributed by atoms with E-state index in [0.29, 0.717) is 0 Å². The van der Waals surface area contributed by atoms with Gasteiger partial charge in [0.25, 0.3) is 0 Å². The van der Waals surface area contributed by atoms with E-state index in [1.54, 1.807) is 0 Å². The molecule has 1 heterocycles. The zero-order valence-electron chi connectivity index (χ0n) is 8.14. The molecule has 1 heteroatoms. The number of rotatable bonds is 3. The summed E-state index contributed by atoms with van der Waals surface area (Å²) in [5, 5.41) is 0. The normalized spacial score (nSPS) is 29.2. The van der Waals surface area contributed by atoms with E-state index in [-0.39, 0.29) is 0 Å². The van der Waals surface area contributed by atoms with Gasteiger partial charge in [0.05, 0.1) is 0 Å². The molecule has 0 spiro atoms. The van der Waals surface area contributed by atoms with Crippen LogP contribution in [-0.4, -0.2) is 24.5 Å². The first-order valence-corrected chi connectivity index (χ1v) is 4.94. The van der Waals surface area contributed by atoms with E-state index >= 15 is 0 Å². The Morgan fingerprint density at radius 2 is 2.27 bits per heavy atom. The lowest BCUT2D eigenvalue weighted by Gasteiger charge is -2.22. The molecule has 0 saturated carbocycles. The van der Waals surface area contributed by atoms with Crippen molar-refractivity contribution in [2.75, 3.05) is 13.6 Å². The second-order valence-electron chi connectivity index (χ2n) is 4.03. The van der Waals surface area contributed by atoms with Crippen LogP contribution in [0.5, 0.6) is 0 Å². The van der Waals surface area contributed by atoms with E-state index in [4.69, 9.17) is 0 Å². The van der Waals surface area contributed by atoms with E-state index in [0.717, 1.165) is 12.0 Å². The molecule has 11 heavy (non-hydrogen) atoms. The molecule has 0 N–H and O–H groups in total. The fourth-order valence-corrected chi connectivity index (χ4v) is 1.91. The third kappa shape index (κ3) is 2.48. The summed E-state index contributed by atoms with van der Waals surface area (Å²) < 4.78 is 0. The Balaban J connectivity index is 2.24. The second-order valence-corrected chi connectivity index (χ2v) is 4.03. The molecule has 66 valence electrons. The maximum absolute atomic E-state index is 2.52. The fourth-order valence-electron chi connectivity index (χ4n) is 1.91. The molecule has 1 rings (SSSR count). The van der Waals surface area contributed by atoms with Crippen molar-refractivity contribution in [3.8, 4) is 0 Å². The zero-order valence-corrected chi connectivity index (χ0v) is 8.14. The topological polar surface area (TPSA) is 3.24 Å². The number of likely N-dealkylation sites (tertiary alicyclic amines) is 1. The van der Waals surface area contributed by atoms with Crippen molar-refractivity contribution in [1.82, 2.24) is 4.90 Å². The van der Waals surface area contributed by atoms with Gasteiger partial charge in [-0.1, -0.05) is 20.3 Å². The highest BCUT2D eigenvalue weighted by Crippen LogP contribution is 2.22. The first kappa shape index (κ1) is 9.05. The minimum Gasteiger partial charge on any atom is -0.303 e. The van der Waals surface area contributed by atoms with Crippen molar-refractivity contribution < 1.29 is 0 Å². The Morgan fingerprint density at radius 1 is 1.55 bits per heavy atom. The first-order valence-electron chi connectivity index (χ1n) is 4.94. The summed E-state index contributed by atoms with van der Waals surface area (Å²) in [6.07, 6.45) is 5.59. The SMILES string of the molecule is CCC(C)C[C@@H]1CCCN1C. The van der Waals surface area contributed by atoms with Crippen molar-refractivity contribution >= 4 is 0 Å². The smallest absolute Gasteiger partial charge is 0.00952 e. The monoisotopic (exact) mass is 155 g/mol. The third-order valence-corrected chi connectivity index (χ3v) is 3.04. The molecule has 1 nitrogen and oxygen atoms in total. The lowest BCUT2D eigenvalue weighted by atomic mass is 9.98. The van der Waals surface area contributed by atoms with Crippen LogP contribution in [0.2, 0.25) is 0 Å². The van der Waals surface area contributed by atoms with Crippen molar-refractivity contribution in [2.24, 2.45) is 5.92 Å². The highest BCUT2D eigenvalue weighted by molar-refractivity contribution is 4.77. The zero-order chi connectivity index (χ0) is 8.27. The molecule has 0 aromatic rings. The number of nitrogens with zero attached hydrogens (tertiary/aromatic N) is 1. The quantitative estimate of drug-likeness (QED) is 0.605.